The highest BCUT2D eigenvalue weighted by Gasteiger charge is 2.23. The molecule has 0 radical (unpaired) electrons. The lowest BCUT2D eigenvalue weighted by Gasteiger charge is -2.14. The van der Waals surface area contributed by atoms with E-state index in [-0.39, 0.29) is 0 Å². The van der Waals surface area contributed by atoms with Gasteiger partial charge in [0, 0.05) is 4.47 Å². The van der Waals surface area contributed by atoms with E-state index in [1.807, 2.05) is 49.4 Å². The lowest BCUT2D eigenvalue weighted by atomic mass is 10.0. The van der Waals surface area contributed by atoms with Crippen LogP contribution in [0.4, 0.5) is 0 Å². The highest BCUT2D eigenvalue weighted by atomic mass is 79.9. The van der Waals surface area contributed by atoms with Crippen LogP contribution in [0.5, 0.6) is 5.75 Å². The van der Waals surface area contributed by atoms with Gasteiger partial charge in [-0.05, 0) is 54.7 Å². The molecule has 1 fully saturated rings. The molecule has 0 aliphatic heterocycles. The van der Waals surface area contributed by atoms with Crippen molar-refractivity contribution in [2.75, 3.05) is 0 Å². The van der Waals surface area contributed by atoms with Crippen LogP contribution < -0.4 is 4.74 Å². The molecule has 2 aromatic rings. The number of ether oxygens (including phenoxy) is 1. The number of aryl methyl sites for hydroxylation is 1. The monoisotopic (exact) mass is 332 g/mol. The third-order valence-corrected chi connectivity index (χ3v) is 4.16. The van der Waals surface area contributed by atoms with Crippen LogP contribution in [0.15, 0.2) is 46.9 Å². The molecule has 0 bridgehead atoms. The number of hydrogen-bond acceptors (Lipinski definition) is 2. The van der Waals surface area contributed by atoms with Gasteiger partial charge < -0.3 is 9.84 Å². The first-order valence-electron chi connectivity index (χ1n) is 6.84. The van der Waals surface area contributed by atoms with Crippen molar-refractivity contribution >= 4 is 15.9 Å². The van der Waals surface area contributed by atoms with Crippen LogP contribution in [0.25, 0.3) is 0 Å². The highest BCUT2D eigenvalue weighted by molar-refractivity contribution is 9.10. The van der Waals surface area contributed by atoms with E-state index in [0.717, 1.165) is 34.2 Å². The van der Waals surface area contributed by atoms with E-state index in [1.54, 1.807) is 0 Å². The number of aliphatic hydroxyl groups is 1. The Morgan fingerprint density at radius 2 is 1.85 bits per heavy atom. The molecule has 1 N–H and O–H groups in total. The molecular weight excluding hydrogens is 316 g/mol. The minimum Gasteiger partial charge on any atom is -0.490 e. The first kappa shape index (κ1) is 13.7. The number of aliphatic hydroxyl groups excluding tert-OH is 1. The molecule has 0 heterocycles. The van der Waals surface area contributed by atoms with Crippen molar-refractivity contribution < 1.29 is 9.84 Å². The van der Waals surface area contributed by atoms with Gasteiger partial charge in [0.05, 0.1) is 6.10 Å². The molecule has 2 nitrogen and oxygen atoms in total. The fourth-order valence-corrected chi connectivity index (χ4v) is 2.85. The summed E-state index contributed by atoms with van der Waals surface area (Å²) >= 11 is 3.52. The Morgan fingerprint density at radius 1 is 1.15 bits per heavy atom. The Balaban J connectivity index is 1.80. The first-order chi connectivity index (χ1) is 9.63. The van der Waals surface area contributed by atoms with Crippen molar-refractivity contribution in [2.24, 2.45) is 0 Å². The van der Waals surface area contributed by atoms with Crippen molar-refractivity contribution in [1.29, 1.82) is 0 Å². The van der Waals surface area contributed by atoms with Crippen molar-refractivity contribution in [3.8, 4) is 5.75 Å². The largest absolute Gasteiger partial charge is 0.490 e. The summed E-state index contributed by atoms with van der Waals surface area (Å²) in [5.74, 6) is 0.881. The zero-order valence-electron chi connectivity index (χ0n) is 11.3. The van der Waals surface area contributed by atoms with Gasteiger partial charge in [0.25, 0.3) is 0 Å². The fraction of sp³-hybridized carbons (Fsp3) is 0.294. The number of hydrogen-bond donors (Lipinski definition) is 1. The maximum absolute atomic E-state index is 10.5. The molecule has 0 spiro atoms. The average Bonchev–Trinajstić information content (AvgIpc) is 3.23. The van der Waals surface area contributed by atoms with E-state index in [9.17, 15) is 5.11 Å². The van der Waals surface area contributed by atoms with Gasteiger partial charge in [-0.1, -0.05) is 40.2 Å². The molecular formula is C17H17BrO2. The Kier molecular flexibility index (Phi) is 3.81. The van der Waals surface area contributed by atoms with E-state index >= 15 is 0 Å². The molecule has 1 saturated carbocycles. The SMILES string of the molecule is Cc1ccc(C(O)c2ccc(OC3CC3)cc2)c(Br)c1. The maximum Gasteiger partial charge on any atom is 0.119 e. The van der Waals surface area contributed by atoms with Crippen LogP contribution in [0.1, 0.15) is 35.6 Å². The molecule has 1 unspecified atom stereocenters. The van der Waals surface area contributed by atoms with Crippen LogP contribution >= 0.6 is 15.9 Å². The second-order valence-electron chi connectivity index (χ2n) is 5.31. The van der Waals surface area contributed by atoms with Gasteiger partial charge in [0.2, 0.25) is 0 Å². The molecule has 104 valence electrons. The summed E-state index contributed by atoms with van der Waals surface area (Å²) in [5.41, 5.74) is 2.92. The highest BCUT2D eigenvalue weighted by Crippen LogP contribution is 2.31. The molecule has 20 heavy (non-hydrogen) atoms. The van der Waals surface area contributed by atoms with E-state index in [1.165, 1.54) is 5.56 Å². The van der Waals surface area contributed by atoms with Crippen LogP contribution in [0.3, 0.4) is 0 Å². The Bertz CT molecular complexity index is 603. The topological polar surface area (TPSA) is 29.5 Å². The van der Waals surface area contributed by atoms with Crippen molar-refractivity contribution in [1.82, 2.24) is 0 Å². The second kappa shape index (κ2) is 5.58. The number of halogens is 1. The lowest BCUT2D eigenvalue weighted by Crippen LogP contribution is -2.01. The predicted molar refractivity (Wildman–Crippen MR) is 83.0 cm³/mol. The van der Waals surface area contributed by atoms with Crippen LogP contribution in [0.2, 0.25) is 0 Å². The Labute approximate surface area is 127 Å². The molecule has 2 aromatic carbocycles. The third-order valence-electron chi connectivity index (χ3n) is 3.47. The third kappa shape index (κ3) is 3.05. The van der Waals surface area contributed by atoms with Crippen molar-refractivity contribution in [3.05, 3.63) is 63.6 Å². The van der Waals surface area contributed by atoms with Crippen molar-refractivity contribution in [2.45, 2.75) is 32.0 Å². The zero-order chi connectivity index (χ0) is 14.1. The Morgan fingerprint density at radius 3 is 2.45 bits per heavy atom. The zero-order valence-corrected chi connectivity index (χ0v) is 12.9. The smallest absolute Gasteiger partial charge is 0.119 e. The van der Waals surface area contributed by atoms with Crippen LogP contribution in [0, 0.1) is 6.92 Å². The molecule has 0 amide bonds. The molecule has 0 aromatic heterocycles. The molecule has 1 aliphatic carbocycles. The summed E-state index contributed by atoms with van der Waals surface area (Å²) in [7, 11) is 0. The average molecular weight is 333 g/mol. The number of rotatable bonds is 4. The van der Waals surface area contributed by atoms with Gasteiger partial charge in [-0.25, -0.2) is 0 Å². The van der Waals surface area contributed by atoms with Gasteiger partial charge in [0.15, 0.2) is 0 Å². The number of benzene rings is 2. The Hall–Kier alpha value is -1.32. The van der Waals surface area contributed by atoms with Crippen molar-refractivity contribution in [3.63, 3.8) is 0 Å². The predicted octanol–water partition coefficient (Wildman–Crippen LogP) is 4.38. The van der Waals surface area contributed by atoms with Crippen LogP contribution in [-0.4, -0.2) is 11.2 Å². The first-order valence-corrected chi connectivity index (χ1v) is 7.63. The fourth-order valence-electron chi connectivity index (χ4n) is 2.14. The van der Waals surface area contributed by atoms with Crippen LogP contribution in [-0.2, 0) is 0 Å². The quantitative estimate of drug-likeness (QED) is 0.900. The van der Waals surface area contributed by atoms with Gasteiger partial charge >= 0.3 is 0 Å². The summed E-state index contributed by atoms with van der Waals surface area (Å²) in [6.07, 6.45) is 2.08. The van der Waals surface area contributed by atoms with E-state index in [4.69, 9.17) is 4.74 Å². The van der Waals surface area contributed by atoms with Gasteiger partial charge in [-0.3, -0.25) is 0 Å². The van der Waals surface area contributed by atoms with E-state index < -0.39 is 6.10 Å². The lowest BCUT2D eigenvalue weighted by molar-refractivity contribution is 0.219. The molecule has 3 heteroatoms. The molecule has 1 aliphatic rings. The minimum atomic E-state index is -0.625. The summed E-state index contributed by atoms with van der Waals surface area (Å²) in [6, 6.07) is 13.7. The minimum absolute atomic E-state index is 0.400. The second-order valence-corrected chi connectivity index (χ2v) is 6.17. The van der Waals surface area contributed by atoms with E-state index in [2.05, 4.69) is 15.9 Å². The molecule has 0 saturated heterocycles. The maximum atomic E-state index is 10.5. The summed E-state index contributed by atoms with van der Waals surface area (Å²) in [5, 5.41) is 10.5. The summed E-state index contributed by atoms with van der Waals surface area (Å²) in [4.78, 5) is 0. The normalized spacial score (nSPS) is 15.9. The summed E-state index contributed by atoms with van der Waals surface area (Å²) in [6.45, 7) is 2.03. The van der Waals surface area contributed by atoms with Gasteiger partial charge in [-0.2, -0.15) is 0 Å². The molecule has 3 rings (SSSR count). The standard InChI is InChI=1S/C17H17BrO2/c1-11-2-9-15(16(18)10-11)17(19)12-3-5-13(6-4-12)20-14-7-8-14/h2-6,9-10,14,17,19H,7-8H2,1H3. The summed E-state index contributed by atoms with van der Waals surface area (Å²) < 4.78 is 6.65. The van der Waals surface area contributed by atoms with E-state index in [0.29, 0.717) is 6.10 Å². The van der Waals surface area contributed by atoms with Gasteiger partial charge in [0.1, 0.15) is 11.9 Å². The molecule has 1 atom stereocenters. The van der Waals surface area contributed by atoms with Gasteiger partial charge in [-0.15, -0.1) is 0 Å².